The summed E-state index contributed by atoms with van der Waals surface area (Å²) in [6, 6.07) is 7.96. The highest BCUT2D eigenvalue weighted by Crippen LogP contribution is 2.60. The van der Waals surface area contributed by atoms with Gasteiger partial charge in [0.1, 0.15) is 6.61 Å². The fourth-order valence-electron chi connectivity index (χ4n) is 5.77. The van der Waals surface area contributed by atoms with Gasteiger partial charge in [-0.2, -0.15) is 0 Å². The van der Waals surface area contributed by atoms with E-state index in [9.17, 15) is 9.59 Å². The van der Waals surface area contributed by atoms with Gasteiger partial charge in [0, 0.05) is 12.0 Å². The Labute approximate surface area is 155 Å². The molecule has 140 valence electrons. The van der Waals surface area contributed by atoms with E-state index in [1.54, 1.807) is 0 Å². The Bertz CT molecular complexity index is 644. The molecule has 1 amide bonds. The largest absolute Gasteiger partial charge is 0.461 e. The normalized spacial score (nSPS) is 31.7. The molecule has 4 nitrogen and oxygen atoms in total. The van der Waals surface area contributed by atoms with Crippen molar-refractivity contribution in [1.29, 1.82) is 0 Å². The molecule has 0 radical (unpaired) electrons. The maximum absolute atomic E-state index is 12.8. The number of carbonyl (C=O) groups excluding carboxylic acids is 2. The fourth-order valence-corrected chi connectivity index (χ4v) is 5.77. The van der Waals surface area contributed by atoms with Gasteiger partial charge in [0.25, 0.3) is 0 Å². The number of ether oxygens (including phenoxy) is 1. The van der Waals surface area contributed by atoms with Crippen LogP contribution in [0.5, 0.6) is 0 Å². The third kappa shape index (κ3) is 3.65. The third-order valence-electron chi connectivity index (χ3n) is 6.66. The molecule has 0 heterocycles. The van der Waals surface area contributed by atoms with Crippen LogP contribution in [0, 0.1) is 30.1 Å². The molecule has 1 N–H and O–H groups in total. The Morgan fingerprint density at radius 1 is 1.04 bits per heavy atom. The van der Waals surface area contributed by atoms with Crippen LogP contribution >= 0.6 is 0 Å². The lowest BCUT2D eigenvalue weighted by Crippen LogP contribution is -2.53. The molecule has 5 rings (SSSR count). The zero-order valence-electron chi connectivity index (χ0n) is 15.6. The van der Waals surface area contributed by atoms with E-state index in [4.69, 9.17) is 4.74 Å². The van der Waals surface area contributed by atoms with Crippen LogP contribution < -0.4 is 5.32 Å². The van der Waals surface area contributed by atoms with Gasteiger partial charge < -0.3 is 10.1 Å². The Balaban J connectivity index is 1.21. The van der Waals surface area contributed by atoms with Gasteiger partial charge in [0.2, 0.25) is 5.91 Å². The number of benzene rings is 1. The number of rotatable bonds is 6. The molecule has 0 saturated heterocycles. The first kappa shape index (κ1) is 17.6. The summed E-state index contributed by atoms with van der Waals surface area (Å²) in [5.41, 5.74) is 2.04. The van der Waals surface area contributed by atoms with E-state index in [0.29, 0.717) is 13.2 Å². The van der Waals surface area contributed by atoms with Gasteiger partial charge in [0.05, 0.1) is 6.42 Å². The number of amides is 1. The van der Waals surface area contributed by atoms with Crippen LogP contribution in [0.25, 0.3) is 0 Å². The summed E-state index contributed by atoms with van der Waals surface area (Å²) in [7, 11) is 0. The molecule has 4 fully saturated rings. The van der Waals surface area contributed by atoms with Crippen LogP contribution in [0.3, 0.4) is 0 Å². The van der Waals surface area contributed by atoms with Crippen molar-refractivity contribution in [2.75, 3.05) is 6.54 Å². The highest BCUT2D eigenvalue weighted by Gasteiger charge is 2.54. The second kappa shape index (κ2) is 7.05. The van der Waals surface area contributed by atoms with E-state index >= 15 is 0 Å². The minimum atomic E-state index is -0.253. The monoisotopic (exact) mass is 355 g/mol. The molecule has 1 aromatic carbocycles. The lowest BCUT2D eigenvalue weighted by Gasteiger charge is -2.55. The third-order valence-corrected chi connectivity index (χ3v) is 6.66. The fraction of sp³-hybridized carbons (Fsp3) is 0.636. The summed E-state index contributed by atoms with van der Waals surface area (Å²) < 4.78 is 5.31. The molecule has 4 saturated carbocycles. The van der Waals surface area contributed by atoms with Gasteiger partial charge in [-0.05, 0) is 68.8 Å². The number of esters is 1. The zero-order valence-corrected chi connectivity index (χ0v) is 15.6. The maximum atomic E-state index is 12.8. The molecule has 0 atom stereocenters. The molecule has 4 bridgehead atoms. The quantitative estimate of drug-likeness (QED) is 0.791. The molecule has 26 heavy (non-hydrogen) atoms. The van der Waals surface area contributed by atoms with Gasteiger partial charge in [-0.3, -0.25) is 9.59 Å². The molecular formula is C22H29NO3. The zero-order chi connectivity index (χ0) is 18.1. The van der Waals surface area contributed by atoms with Gasteiger partial charge in [0.15, 0.2) is 0 Å². The van der Waals surface area contributed by atoms with Crippen LogP contribution in [0.1, 0.15) is 56.1 Å². The minimum absolute atomic E-state index is 0.138. The average molecular weight is 355 g/mol. The number of aryl methyl sites for hydroxylation is 1. The van der Waals surface area contributed by atoms with Crippen molar-refractivity contribution < 1.29 is 14.3 Å². The second-order valence-electron chi connectivity index (χ2n) is 8.85. The number of hydrogen-bond donors (Lipinski definition) is 1. The predicted molar refractivity (Wildman–Crippen MR) is 99.2 cm³/mol. The first-order valence-electron chi connectivity index (χ1n) is 10.0. The van der Waals surface area contributed by atoms with Gasteiger partial charge in [-0.1, -0.05) is 29.8 Å². The Morgan fingerprint density at radius 3 is 2.19 bits per heavy atom. The summed E-state index contributed by atoms with van der Waals surface area (Å²) in [6.45, 7) is 2.71. The molecule has 4 aliphatic carbocycles. The summed E-state index contributed by atoms with van der Waals surface area (Å²) in [5, 5.41) is 3.04. The van der Waals surface area contributed by atoms with E-state index in [-0.39, 0.29) is 23.7 Å². The van der Waals surface area contributed by atoms with Crippen molar-refractivity contribution in [2.24, 2.45) is 23.2 Å². The van der Waals surface area contributed by atoms with E-state index in [0.717, 1.165) is 42.6 Å². The standard InChI is InChI=1S/C22H29NO3/c1-15-2-4-16(5-3-15)14-26-20(24)6-7-23-21(25)22-11-17-8-18(12-22)10-19(9-17)13-22/h2-5,17-19H,6-14H2,1H3,(H,23,25). The summed E-state index contributed by atoms with van der Waals surface area (Å²) in [4.78, 5) is 24.8. The van der Waals surface area contributed by atoms with Crippen LogP contribution in [0.4, 0.5) is 0 Å². The average Bonchev–Trinajstić information content (AvgIpc) is 2.60. The van der Waals surface area contributed by atoms with Crippen LogP contribution in [-0.4, -0.2) is 18.4 Å². The molecule has 0 aliphatic heterocycles. The molecule has 0 spiro atoms. The first-order valence-corrected chi connectivity index (χ1v) is 10.0. The molecular weight excluding hydrogens is 326 g/mol. The molecule has 4 aliphatic rings. The summed E-state index contributed by atoms with van der Waals surface area (Å²) in [5.74, 6) is 2.20. The van der Waals surface area contributed by atoms with Gasteiger partial charge in [-0.25, -0.2) is 0 Å². The maximum Gasteiger partial charge on any atom is 0.307 e. The van der Waals surface area contributed by atoms with Crippen molar-refractivity contribution in [3.8, 4) is 0 Å². The van der Waals surface area contributed by atoms with Crippen LogP contribution in [0.2, 0.25) is 0 Å². The molecule has 1 aromatic rings. The lowest BCUT2D eigenvalue weighted by atomic mass is 9.49. The Kier molecular flexibility index (Phi) is 4.76. The molecule has 4 heteroatoms. The minimum Gasteiger partial charge on any atom is -0.461 e. The van der Waals surface area contributed by atoms with E-state index in [1.807, 2.05) is 31.2 Å². The van der Waals surface area contributed by atoms with Crippen molar-refractivity contribution in [2.45, 2.75) is 58.5 Å². The topological polar surface area (TPSA) is 55.4 Å². The lowest BCUT2D eigenvalue weighted by molar-refractivity contribution is -0.147. The Morgan fingerprint density at radius 2 is 1.62 bits per heavy atom. The van der Waals surface area contributed by atoms with Gasteiger partial charge in [-0.15, -0.1) is 0 Å². The number of nitrogens with one attached hydrogen (secondary N) is 1. The number of hydrogen-bond acceptors (Lipinski definition) is 3. The SMILES string of the molecule is Cc1ccc(COC(=O)CCNC(=O)C23CC4CC(CC(C4)C2)C3)cc1. The highest BCUT2D eigenvalue weighted by atomic mass is 16.5. The van der Waals surface area contributed by atoms with Crippen molar-refractivity contribution in [1.82, 2.24) is 5.32 Å². The molecule has 0 unspecified atom stereocenters. The molecule has 0 aromatic heterocycles. The van der Waals surface area contributed by atoms with Crippen molar-refractivity contribution in [3.63, 3.8) is 0 Å². The summed E-state index contributed by atoms with van der Waals surface area (Å²) >= 11 is 0. The van der Waals surface area contributed by atoms with Crippen molar-refractivity contribution in [3.05, 3.63) is 35.4 Å². The second-order valence-corrected chi connectivity index (χ2v) is 8.85. The first-order chi connectivity index (χ1) is 12.5. The Hall–Kier alpha value is -1.84. The van der Waals surface area contributed by atoms with E-state index in [1.165, 1.54) is 24.8 Å². The smallest absolute Gasteiger partial charge is 0.307 e. The summed E-state index contributed by atoms with van der Waals surface area (Å²) in [6.07, 6.45) is 7.41. The van der Waals surface area contributed by atoms with Crippen LogP contribution in [0.15, 0.2) is 24.3 Å². The van der Waals surface area contributed by atoms with Gasteiger partial charge >= 0.3 is 5.97 Å². The van der Waals surface area contributed by atoms with E-state index in [2.05, 4.69) is 5.32 Å². The van der Waals surface area contributed by atoms with Crippen molar-refractivity contribution >= 4 is 11.9 Å². The predicted octanol–water partition coefficient (Wildman–Crippen LogP) is 3.76. The van der Waals surface area contributed by atoms with E-state index < -0.39 is 0 Å². The van der Waals surface area contributed by atoms with Crippen LogP contribution in [-0.2, 0) is 20.9 Å². The number of carbonyl (C=O) groups is 2. The highest BCUT2D eigenvalue weighted by molar-refractivity contribution is 5.83.